The zero-order valence-electron chi connectivity index (χ0n) is 14.3. The van der Waals surface area contributed by atoms with Crippen LogP contribution in [0.2, 0.25) is 0 Å². The quantitative estimate of drug-likeness (QED) is 0.843. The van der Waals surface area contributed by atoms with Crippen molar-refractivity contribution in [3.63, 3.8) is 0 Å². The standard InChI is InChI=1S/C19H23N3O.2ClH/c1-14-16(18(23)22-19(13-20)11-5-6-12-19)9-10-17(21-14)15-7-3-2-4-8-15;;/h2-4,7-10H,5-6,11-13,20H2,1H3,(H,22,23);2*1H. The van der Waals surface area contributed by atoms with Crippen LogP contribution in [0.25, 0.3) is 11.3 Å². The molecule has 0 bridgehead atoms. The lowest BCUT2D eigenvalue weighted by Gasteiger charge is -2.29. The average molecular weight is 382 g/mol. The second-order valence-corrected chi connectivity index (χ2v) is 6.34. The minimum atomic E-state index is -0.234. The van der Waals surface area contributed by atoms with Crippen LogP contribution in [-0.2, 0) is 0 Å². The van der Waals surface area contributed by atoms with Crippen molar-refractivity contribution in [1.82, 2.24) is 10.3 Å². The molecule has 0 unspecified atom stereocenters. The number of aryl methyl sites for hydroxylation is 1. The smallest absolute Gasteiger partial charge is 0.253 e. The maximum absolute atomic E-state index is 12.6. The second-order valence-electron chi connectivity index (χ2n) is 6.34. The fourth-order valence-corrected chi connectivity index (χ4v) is 3.31. The molecule has 1 aliphatic carbocycles. The molecular weight excluding hydrogens is 357 g/mol. The van der Waals surface area contributed by atoms with E-state index in [0.717, 1.165) is 42.6 Å². The number of nitrogens with one attached hydrogen (secondary N) is 1. The van der Waals surface area contributed by atoms with E-state index >= 15 is 0 Å². The number of nitrogens with two attached hydrogens (primary N) is 1. The number of aromatic nitrogens is 1. The van der Waals surface area contributed by atoms with Gasteiger partial charge in [-0.3, -0.25) is 9.78 Å². The fraction of sp³-hybridized carbons (Fsp3) is 0.368. The molecule has 1 aliphatic rings. The minimum Gasteiger partial charge on any atom is -0.345 e. The third-order valence-corrected chi connectivity index (χ3v) is 4.73. The van der Waals surface area contributed by atoms with Crippen molar-refractivity contribution in [1.29, 1.82) is 0 Å². The Morgan fingerprint density at radius 3 is 2.32 bits per heavy atom. The number of pyridine rings is 1. The lowest BCUT2D eigenvalue weighted by atomic mass is 9.97. The van der Waals surface area contributed by atoms with Gasteiger partial charge >= 0.3 is 0 Å². The number of halogens is 2. The first kappa shape index (κ1) is 21.4. The van der Waals surface area contributed by atoms with Gasteiger partial charge in [-0.05, 0) is 31.9 Å². The van der Waals surface area contributed by atoms with E-state index in [4.69, 9.17) is 5.73 Å². The molecule has 1 heterocycles. The Morgan fingerprint density at radius 2 is 1.76 bits per heavy atom. The molecule has 1 saturated carbocycles. The van der Waals surface area contributed by atoms with Gasteiger partial charge in [0.25, 0.3) is 5.91 Å². The van der Waals surface area contributed by atoms with Crippen LogP contribution in [0.5, 0.6) is 0 Å². The molecule has 0 spiro atoms. The molecule has 0 saturated heterocycles. The number of hydrogen-bond acceptors (Lipinski definition) is 3. The topological polar surface area (TPSA) is 68.0 Å². The lowest BCUT2D eigenvalue weighted by molar-refractivity contribution is 0.0902. The van der Waals surface area contributed by atoms with Crippen molar-refractivity contribution in [3.05, 3.63) is 53.7 Å². The normalized spacial score (nSPS) is 15.0. The number of hydrogen-bond donors (Lipinski definition) is 2. The van der Waals surface area contributed by atoms with Crippen LogP contribution in [-0.4, -0.2) is 23.0 Å². The van der Waals surface area contributed by atoms with Crippen molar-refractivity contribution < 1.29 is 4.79 Å². The molecule has 1 aromatic heterocycles. The van der Waals surface area contributed by atoms with Gasteiger partial charge < -0.3 is 11.1 Å². The zero-order chi connectivity index (χ0) is 16.3. The first-order valence-electron chi connectivity index (χ1n) is 8.19. The lowest BCUT2D eigenvalue weighted by Crippen LogP contribution is -2.51. The van der Waals surface area contributed by atoms with E-state index in [0.29, 0.717) is 12.1 Å². The maximum Gasteiger partial charge on any atom is 0.253 e. The van der Waals surface area contributed by atoms with E-state index in [2.05, 4.69) is 10.3 Å². The molecule has 0 aliphatic heterocycles. The summed E-state index contributed by atoms with van der Waals surface area (Å²) in [5, 5.41) is 3.15. The number of amides is 1. The second kappa shape index (κ2) is 9.18. The summed E-state index contributed by atoms with van der Waals surface area (Å²) in [6.07, 6.45) is 4.18. The average Bonchev–Trinajstić information content (AvgIpc) is 3.04. The van der Waals surface area contributed by atoms with Crippen molar-refractivity contribution >= 4 is 30.7 Å². The molecule has 1 fully saturated rings. The zero-order valence-corrected chi connectivity index (χ0v) is 16.0. The Kier molecular flexibility index (Phi) is 7.87. The van der Waals surface area contributed by atoms with Gasteiger partial charge in [0.15, 0.2) is 0 Å². The molecule has 0 atom stereocenters. The summed E-state index contributed by atoms with van der Waals surface area (Å²) in [5.74, 6) is -0.0676. The van der Waals surface area contributed by atoms with Gasteiger partial charge in [0.1, 0.15) is 0 Å². The fourth-order valence-electron chi connectivity index (χ4n) is 3.31. The summed E-state index contributed by atoms with van der Waals surface area (Å²) < 4.78 is 0. The third-order valence-electron chi connectivity index (χ3n) is 4.73. The summed E-state index contributed by atoms with van der Waals surface area (Å²) in [7, 11) is 0. The number of carbonyl (C=O) groups is 1. The van der Waals surface area contributed by atoms with Gasteiger partial charge in [0.2, 0.25) is 0 Å². The van der Waals surface area contributed by atoms with E-state index in [1.807, 2.05) is 49.4 Å². The van der Waals surface area contributed by atoms with E-state index in [1.54, 1.807) is 0 Å². The van der Waals surface area contributed by atoms with Crippen LogP contribution < -0.4 is 11.1 Å². The van der Waals surface area contributed by atoms with E-state index in [1.165, 1.54) is 0 Å². The number of carbonyl (C=O) groups excluding carboxylic acids is 1. The van der Waals surface area contributed by atoms with Gasteiger partial charge in [-0.15, -0.1) is 24.8 Å². The monoisotopic (exact) mass is 381 g/mol. The Bertz CT molecular complexity index is 701. The molecule has 0 radical (unpaired) electrons. The number of nitrogens with zero attached hydrogens (tertiary/aromatic N) is 1. The highest BCUT2D eigenvalue weighted by Gasteiger charge is 2.34. The van der Waals surface area contributed by atoms with E-state index in [9.17, 15) is 4.79 Å². The van der Waals surface area contributed by atoms with Gasteiger partial charge in [-0.1, -0.05) is 43.2 Å². The Labute approximate surface area is 161 Å². The van der Waals surface area contributed by atoms with Crippen LogP contribution in [0.1, 0.15) is 41.7 Å². The summed E-state index contributed by atoms with van der Waals surface area (Å²) in [5.41, 5.74) is 8.98. The SMILES string of the molecule is Cc1nc(-c2ccccc2)ccc1C(=O)NC1(CN)CCCC1.Cl.Cl. The van der Waals surface area contributed by atoms with Crippen molar-refractivity contribution in [3.8, 4) is 11.3 Å². The number of benzene rings is 1. The van der Waals surface area contributed by atoms with Crippen LogP contribution in [0.4, 0.5) is 0 Å². The van der Waals surface area contributed by atoms with Gasteiger partial charge in [0, 0.05) is 12.1 Å². The first-order chi connectivity index (χ1) is 11.1. The van der Waals surface area contributed by atoms with Gasteiger partial charge in [-0.2, -0.15) is 0 Å². The Balaban J connectivity index is 0.00000156. The summed E-state index contributed by atoms with van der Waals surface area (Å²) in [6, 6.07) is 13.7. The van der Waals surface area contributed by atoms with Crippen molar-refractivity contribution in [2.45, 2.75) is 38.1 Å². The van der Waals surface area contributed by atoms with Gasteiger partial charge in [0.05, 0.1) is 22.5 Å². The van der Waals surface area contributed by atoms with Crippen LogP contribution in [0, 0.1) is 6.92 Å². The largest absolute Gasteiger partial charge is 0.345 e. The predicted molar refractivity (Wildman–Crippen MR) is 107 cm³/mol. The van der Waals surface area contributed by atoms with E-state index < -0.39 is 0 Å². The molecular formula is C19H25Cl2N3O. The molecule has 3 rings (SSSR count). The molecule has 1 aromatic carbocycles. The minimum absolute atomic E-state index is 0. The summed E-state index contributed by atoms with van der Waals surface area (Å²) in [6.45, 7) is 2.37. The summed E-state index contributed by atoms with van der Waals surface area (Å²) >= 11 is 0. The van der Waals surface area contributed by atoms with Crippen molar-refractivity contribution in [2.24, 2.45) is 5.73 Å². The molecule has 6 heteroatoms. The van der Waals surface area contributed by atoms with E-state index in [-0.39, 0.29) is 36.3 Å². The maximum atomic E-state index is 12.6. The van der Waals surface area contributed by atoms with Crippen LogP contribution in [0.3, 0.4) is 0 Å². The molecule has 4 nitrogen and oxygen atoms in total. The highest BCUT2D eigenvalue weighted by molar-refractivity contribution is 5.96. The highest BCUT2D eigenvalue weighted by atomic mass is 35.5. The van der Waals surface area contributed by atoms with Crippen molar-refractivity contribution in [2.75, 3.05) is 6.54 Å². The van der Waals surface area contributed by atoms with Crippen LogP contribution in [0.15, 0.2) is 42.5 Å². The molecule has 2 aromatic rings. The predicted octanol–water partition coefficient (Wildman–Crippen LogP) is 3.90. The molecule has 136 valence electrons. The highest BCUT2D eigenvalue weighted by Crippen LogP contribution is 2.29. The summed E-state index contributed by atoms with van der Waals surface area (Å²) in [4.78, 5) is 17.2. The Morgan fingerprint density at radius 1 is 1.12 bits per heavy atom. The molecule has 1 amide bonds. The first-order valence-corrected chi connectivity index (χ1v) is 8.19. The molecule has 25 heavy (non-hydrogen) atoms. The Hall–Kier alpha value is -1.62. The van der Waals surface area contributed by atoms with Gasteiger partial charge in [-0.25, -0.2) is 0 Å². The molecule has 3 N–H and O–H groups in total. The third kappa shape index (κ3) is 4.72. The number of rotatable bonds is 4. The van der Waals surface area contributed by atoms with Crippen LogP contribution >= 0.6 is 24.8 Å².